The van der Waals surface area contributed by atoms with Crippen molar-refractivity contribution in [3.05, 3.63) is 30.1 Å². The van der Waals surface area contributed by atoms with E-state index in [0.717, 1.165) is 0 Å². The molecular formula is C11H13Cl2N2O4+. The van der Waals surface area contributed by atoms with Gasteiger partial charge in [0.25, 0.3) is 12.1 Å². The number of nitrogens with two attached hydrogens (primary N) is 1. The lowest BCUT2D eigenvalue weighted by Gasteiger charge is -2.18. The third-order valence-electron chi connectivity index (χ3n) is 2.94. The number of aromatic nitrogens is 1. The molecular weight excluding hydrogens is 295 g/mol. The minimum Gasteiger partial charge on any atom is -0.394 e. The number of hydrogen-bond donors (Lipinski definition) is 3. The van der Waals surface area contributed by atoms with Gasteiger partial charge in [0.2, 0.25) is 4.33 Å². The van der Waals surface area contributed by atoms with Gasteiger partial charge in [-0.25, -0.2) is 0 Å². The highest BCUT2D eigenvalue weighted by Crippen LogP contribution is 2.43. The van der Waals surface area contributed by atoms with Gasteiger partial charge >= 0.3 is 0 Å². The third kappa shape index (κ3) is 2.54. The lowest BCUT2D eigenvalue weighted by atomic mass is 10.1. The number of alkyl halides is 2. The molecule has 0 saturated carbocycles. The number of hydrogen-bond acceptors (Lipinski definition) is 4. The van der Waals surface area contributed by atoms with Crippen LogP contribution in [0.2, 0.25) is 0 Å². The Balaban J connectivity index is 2.36. The number of amides is 1. The number of primary amides is 1. The van der Waals surface area contributed by atoms with Gasteiger partial charge in [-0.1, -0.05) is 23.2 Å². The Labute approximate surface area is 119 Å². The molecule has 1 aromatic rings. The fourth-order valence-electron chi connectivity index (χ4n) is 1.92. The normalized spacial score (nSPS) is 29.4. The Morgan fingerprint density at radius 1 is 1.58 bits per heavy atom. The topological polar surface area (TPSA) is 96.7 Å². The van der Waals surface area contributed by atoms with Gasteiger partial charge in [-0.3, -0.25) is 4.79 Å². The molecule has 1 saturated heterocycles. The molecule has 1 fully saturated rings. The predicted molar refractivity (Wildman–Crippen MR) is 66.6 cm³/mol. The van der Waals surface area contributed by atoms with Crippen molar-refractivity contribution in [2.75, 3.05) is 6.61 Å². The molecule has 19 heavy (non-hydrogen) atoms. The predicted octanol–water partition coefficient (Wildman–Crippen LogP) is -0.502. The Hall–Kier alpha value is -0.920. The van der Waals surface area contributed by atoms with Gasteiger partial charge in [0.1, 0.15) is 17.8 Å². The van der Waals surface area contributed by atoms with E-state index in [0.29, 0.717) is 0 Å². The first-order chi connectivity index (χ1) is 8.87. The summed E-state index contributed by atoms with van der Waals surface area (Å²) in [6.07, 6.45) is -0.107. The molecule has 2 heterocycles. The highest BCUT2D eigenvalue weighted by Gasteiger charge is 2.59. The fraction of sp³-hybridized carbons (Fsp3) is 0.455. The van der Waals surface area contributed by atoms with Crippen LogP contribution in [0.25, 0.3) is 0 Å². The molecule has 1 aliphatic heterocycles. The number of aliphatic hydroxyl groups is 2. The zero-order chi connectivity index (χ0) is 14.2. The number of rotatable bonds is 3. The molecule has 8 heteroatoms. The van der Waals surface area contributed by atoms with Crippen LogP contribution in [0.5, 0.6) is 0 Å². The molecule has 0 aliphatic carbocycles. The van der Waals surface area contributed by atoms with E-state index < -0.39 is 35.3 Å². The molecule has 4 N–H and O–H groups in total. The summed E-state index contributed by atoms with van der Waals surface area (Å²) in [5.41, 5.74) is 5.43. The lowest BCUT2D eigenvalue weighted by molar-refractivity contribution is -0.760. The largest absolute Gasteiger partial charge is 0.394 e. The zero-order valence-electron chi connectivity index (χ0n) is 9.74. The fourth-order valence-corrected chi connectivity index (χ4v) is 2.53. The molecule has 3 atom stereocenters. The Morgan fingerprint density at radius 3 is 2.79 bits per heavy atom. The first-order valence-electron chi connectivity index (χ1n) is 5.50. The van der Waals surface area contributed by atoms with Crippen LogP contribution in [0.15, 0.2) is 24.5 Å². The van der Waals surface area contributed by atoms with Crippen LogP contribution in [0, 0.1) is 0 Å². The van der Waals surface area contributed by atoms with Crippen LogP contribution in [0.1, 0.15) is 16.6 Å². The van der Waals surface area contributed by atoms with Crippen molar-refractivity contribution in [2.24, 2.45) is 5.73 Å². The van der Waals surface area contributed by atoms with Gasteiger partial charge in [0.15, 0.2) is 12.4 Å². The van der Waals surface area contributed by atoms with Crippen molar-refractivity contribution in [3.8, 4) is 0 Å². The molecule has 1 amide bonds. The highest BCUT2D eigenvalue weighted by molar-refractivity contribution is 6.49. The quantitative estimate of drug-likeness (QED) is 0.518. The molecule has 0 spiro atoms. The summed E-state index contributed by atoms with van der Waals surface area (Å²) < 4.78 is 5.19. The minimum absolute atomic E-state index is 0.247. The molecule has 0 aromatic carbocycles. The Bertz CT molecular complexity index is 497. The van der Waals surface area contributed by atoms with Gasteiger partial charge in [0.05, 0.1) is 6.61 Å². The SMILES string of the molecule is NC(=O)c1ccc[n+]([C@@H]2O[C@H](CO)[C@@H](O)C2(Cl)Cl)c1. The van der Waals surface area contributed by atoms with E-state index in [-0.39, 0.29) is 5.56 Å². The highest BCUT2D eigenvalue weighted by atomic mass is 35.5. The minimum atomic E-state index is -1.64. The first kappa shape index (κ1) is 14.5. The van der Waals surface area contributed by atoms with Crippen LogP contribution in [0.4, 0.5) is 0 Å². The molecule has 2 rings (SSSR count). The first-order valence-corrected chi connectivity index (χ1v) is 6.26. The van der Waals surface area contributed by atoms with Crippen LogP contribution in [-0.2, 0) is 4.74 Å². The van der Waals surface area contributed by atoms with E-state index in [1.54, 1.807) is 12.3 Å². The van der Waals surface area contributed by atoms with Crippen molar-refractivity contribution >= 4 is 29.1 Å². The summed E-state index contributed by atoms with van der Waals surface area (Å²) in [4.78, 5) is 11.1. The zero-order valence-corrected chi connectivity index (χ0v) is 11.3. The van der Waals surface area contributed by atoms with E-state index in [9.17, 15) is 9.90 Å². The van der Waals surface area contributed by atoms with E-state index >= 15 is 0 Å². The smallest absolute Gasteiger partial charge is 0.299 e. The molecule has 0 bridgehead atoms. The van der Waals surface area contributed by atoms with Crippen molar-refractivity contribution in [1.29, 1.82) is 0 Å². The maximum atomic E-state index is 11.1. The maximum Gasteiger partial charge on any atom is 0.299 e. The van der Waals surface area contributed by atoms with Crippen molar-refractivity contribution in [3.63, 3.8) is 0 Å². The second kappa shape index (κ2) is 5.22. The van der Waals surface area contributed by atoms with Crippen LogP contribution < -0.4 is 10.3 Å². The molecule has 6 nitrogen and oxygen atoms in total. The average Bonchev–Trinajstić information content (AvgIpc) is 2.61. The van der Waals surface area contributed by atoms with Crippen LogP contribution in [0.3, 0.4) is 0 Å². The van der Waals surface area contributed by atoms with Gasteiger partial charge in [-0.2, -0.15) is 4.57 Å². The number of carbonyl (C=O) groups excluding carboxylic acids is 1. The van der Waals surface area contributed by atoms with E-state index in [4.69, 9.17) is 38.8 Å². The standard InChI is InChI=1S/C11H12Cl2N2O4/c12-11(13)8(17)7(5-16)19-10(11)15-3-1-2-6(4-15)9(14)18/h1-4,7-8,10,16-17H,5H2,(H-,14,18)/p+1/t7-,8-,10-/m1/s1. The number of halogens is 2. The molecule has 104 valence electrons. The molecule has 0 unspecified atom stereocenters. The third-order valence-corrected chi connectivity index (χ3v) is 3.76. The van der Waals surface area contributed by atoms with E-state index in [2.05, 4.69) is 0 Å². The van der Waals surface area contributed by atoms with E-state index in [1.807, 2.05) is 0 Å². The summed E-state index contributed by atoms with van der Waals surface area (Å²) >= 11 is 12.1. The van der Waals surface area contributed by atoms with Crippen LogP contribution in [-0.4, -0.2) is 39.3 Å². The Morgan fingerprint density at radius 2 is 2.26 bits per heavy atom. The van der Waals surface area contributed by atoms with Gasteiger partial charge in [-0.05, 0) is 6.07 Å². The number of aliphatic hydroxyl groups excluding tert-OH is 2. The maximum absolute atomic E-state index is 11.1. The monoisotopic (exact) mass is 307 g/mol. The Kier molecular flexibility index (Phi) is 3.98. The van der Waals surface area contributed by atoms with Gasteiger partial charge in [0, 0.05) is 6.07 Å². The summed E-state index contributed by atoms with van der Waals surface area (Å²) in [7, 11) is 0. The lowest BCUT2D eigenvalue weighted by Crippen LogP contribution is -2.49. The van der Waals surface area contributed by atoms with Crippen molar-refractivity contribution < 1.29 is 24.3 Å². The number of ether oxygens (including phenoxy) is 1. The molecule has 1 aromatic heterocycles. The second-order valence-corrected chi connectivity index (χ2v) is 5.68. The van der Waals surface area contributed by atoms with E-state index in [1.165, 1.54) is 16.8 Å². The number of carbonyl (C=O) groups is 1. The van der Waals surface area contributed by atoms with Gasteiger partial charge < -0.3 is 20.7 Å². The summed E-state index contributed by atoms with van der Waals surface area (Å²) in [6.45, 7) is -0.422. The van der Waals surface area contributed by atoms with Crippen molar-refractivity contribution in [1.82, 2.24) is 0 Å². The van der Waals surface area contributed by atoms with Gasteiger partial charge in [-0.15, -0.1) is 0 Å². The average molecular weight is 308 g/mol. The summed E-state index contributed by atoms with van der Waals surface area (Å²) in [6, 6.07) is 3.10. The number of pyridine rings is 1. The number of nitrogens with zero attached hydrogens (tertiary/aromatic N) is 1. The van der Waals surface area contributed by atoms with Crippen LogP contribution >= 0.6 is 23.2 Å². The molecule has 0 radical (unpaired) electrons. The summed E-state index contributed by atoms with van der Waals surface area (Å²) in [5, 5.41) is 19.0. The summed E-state index contributed by atoms with van der Waals surface area (Å²) in [5.74, 6) is -0.610. The van der Waals surface area contributed by atoms with Crippen molar-refractivity contribution in [2.45, 2.75) is 22.8 Å². The second-order valence-electron chi connectivity index (χ2n) is 4.23. The molecule has 1 aliphatic rings.